The molecule has 0 aliphatic heterocycles. The second-order valence-electron chi connectivity index (χ2n) is 13.0. The van der Waals surface area contributed by atoms with Crippen molar-refractivity contribution in [3.8, 4) is 28.6 Å². The van der Waals surface area contributed by atoms with Crippen LogP contribution in [0.15, 0.2) is 104 Å². The Balaban J connectivity index is 1.23. The summed E-state index contributed by atoms with van der Waals surface area (Å²) in [5, 5.41) is 9.62. The van der Waals surface area contributed by atoms with Gasteiger partial charge in [-0.05, 0) is 90.6 Å². The van der Waals surface area contributed by atoms with Crippen LogP contribution in [0.5, 0.6) is 0 Å². The van der Waals surface area contributed by atoms with Crippen LogP contribution in [-0.2, 0) is 41.9 Å². The summed E-state index contributed by atoms with van der Waals surface area (Å²) in [6.45, 7) is 8.26. The molecule has 0 saturated carbocycles. The molecule has 258 valence electrons. The Morgan fingerprint density at radius 1 is 0.980 bits per heavy atom. The molecule has 1 unspecified atom stereocenters. The maximum Gasteiger partial charge on any atom is 0.306 e. The van der Waals surface area contributed by atoms with E-state index in [1.54, 1.807) is 12.3 Å². The van der Waals surface area contributed by atoms with Gasteiger partial charge in [-0.1, -0.05) is 73.3 Å². The first-order chi connectivity index (χ1) is 24.9. The van der Waals surface area contributed by atoms with Gasteiger partial charge in [-0.15, -0.1) is 11.6 Å². The number of benzene rings is 2. The first-order valence-electron chi connectivity index (χ1n) is 17.5. The number of esters is 1. The molecule has 7 nitrogen and oxygen atoms in total. The number of halogens is 1. The summed E-state index contributed by atoms with van der Waals surface area (Å²) in [5.41, 5.74) is 11.2. The number of hydrogen-bond acceptors (Lipinski definition) is 7. The summed E-state index contributed by atoms with van der Waals surface area (Å²) in [5.74, 6) is -0.308. The van der Waals surface area contributed by atoms with Gasteiger partial charge < -0.3 is 4.74 Å². The van der Waals surface area contributed by atoms with Crippen LogP contribution >= 0.6 is 11.6 Å². The van der Waals surface area contributed by atoms with Crippen LogP contribution in [0.1, 0.15) is 69.4 Å². The molecule has 0 spiro atoms. The molecular weight excluding hydrogens is 654 g/mol. The number of aryl methyl sites for hydroxylation is 3. The van der Waals surface area contributed by atoms with Gasteiger partial charge >= 0.3 is 5.97 Å². The fourth-order valence-corrected chi connectivity index (χ4v) is 6.92. The average Bonchev–Trinajstić information content (AvgIpc) is 3.64. The SMILES string of the molecule is C=CCOC(=O)CCc1cnc(C#N)c(-c2ncc(-c3nc(C(Cl)CCN(Cc4ccccc4)Cc4ccccc4)cc4c3CCC4)cc2C)c1. The zero-order chi connectivity index (χ0) is 35.6. The van der Waals surface area contributed by atoms with Crippen LogP contribution in [-0.4, -0.2) is 39.0 Å². The number of nitrogens with zero attached hydrogens (tertiary/aromatic N) is 5. The molecule has 0 fully saturated rings. The lowest BCUT2D eigenvalue weighted by Crippen LogP contribution is -2.25. The van der Waals surface area contributed by atoms with Crippen molar-refractivity contribution in [3.05, 3.63) is 149 Å². The van der Waals surface area contributed by atoms with Crippen molar-refractivity contribution in [2.45, 2.75) is 63.9 Å². The molecule has 0 radical (unpaired) electrons. The zero-order valence-corrected chi connectivity index (χ0v) is 29.8. The lowest BCUT2D eigenvalue weighted by atomic mass is 9.97. The van der Waals surface area contributed by atoms with E-state index >= 15 is 0 Å². The third-order valence-corrected chi connectivity index (χ3v) is 9.71. The lowest BCUT2D eigenvalue weighted by molar-refractivity contribution is -0.142. The fourth-order valence-electron chi connectivity index (χ4n) is 6.72. The highest BCUT2D eigenvalue weighted by atomic mass is 35.5. The molecule has 3 aromatic heterocycles. The molecule has 1 aliphatic carbocycles. The van der Waals surface area contributed by atoms with E-state index in [0.717, 1.165) is 73.4 Å². The molecule has 0 amide bonds. The molecule has 0 saturated heterocycles. The molecular formula is C43H42ClN5O2. The van der Waals surface area contributed by atoms with E-state index in [2.05, 4.69) is 95.3 Å². The molecule has 3 heterocycles. The van der Waals surface area contributed by atoms with E-state index in [-0.39, 0.29) is 30.1 Å². The van der Waals surface area contributed by atoms with Crippen molar-refractivity contribution in [2.24, 2.45) is 0 Å². The summed E-state index contributed by atoms with van der Waals surface area (Å²) < 4.78 is 5.11. The van der Waals surface area contributed by atoms with Gasteiger partial charge in [-0.25, -0.2) is 4.98 Å². The molecule has 6 rings (SSSR count). The third kappa shape index (κ3) is 9.15. The molecule has 51 heavy (non-hydrogen) atoms. The van der Waals surface area contributed by atoms with Gasteiger partial charge in [0.2, 0.25) is 0 Å². The van der Waals surface area contributed by atoms with E-state index in [9.17, 15) is 10.1 Å². The Hall–Kier alpha value is -5.16. The first kappa shape index (κ1) is 35.7. The van der Waals surface area contributed by atoms with E-state index < -0.39 is 0 Å². The molecule has 0 bridgehead atoms. The Morgan fingerprint density at radius 2 is 1.71 bits per heavy atom. The molecule has 8 heteroatoms. The minimum atomic E-state index is -0.308. The number of hydrogen-bond donors (Lipinski definition) is 0. The van der Waals surface area contributed by atoms with Crippen LogP contribution < -0.4 is 0 Å². The highest BCUT2D eigenvalue weighted by molar-refractivity contribution is 6.20. The molecule has 1 atom stereocenters. The Kier molecular flexibility index (Phi) is 12.0. The summed E-state index contributed by atoms with van der Waals surface area (Å²) in [6, 6.07) is 29.5. The van der Waals surface area contributed by atoms with E-state index in [1.165, 1.54) is 22.3 Å². The summed E-state index contributed by atoms with van der Waals surface area (Å²) >= 11 is 7.20. The normalized spacial score (nSPS) is 12.7. The number of carbonyl (C=O) groups excluding carboxylic acids is 1. The molecule has 2 aromatic carbocycles. The van der Waals surface area contributed by atoms with Gasteiger partial charge in [-0.3, -0.25) is 19.7 Å². The van der Waals surface area contributed by atoms with Crippen LogP contribution in [0, 0.1) is 18.3 Å². The van der Waals surface area contributed by atoms with Crippen LogP contribution in [0.3, 0.4) is 0 Å². The van der Waals surface area contributed by atoms with Crippen LogP contribution in [0.2, 0.25) is 0 Å². The van der Waals surface area contributed by atoms with Crippen molar-refractivity contribution in [2.75, 3.05) is 13.2 Å². The van der Waals surface area contributed by atoms with Crippen molar-refractivity contribution >= 4 is 17.6 Å². The zero-order valence-electron chi connectivity index (χ0n) is 29.0. The second kappa shape index (κ2) is 17.2. The van der Waals surface area contributed by atoms with Gasteiger partial charge in [0, 0.05) is 49.6 Å². The highest BCUT2D eigenvalue weighted by Crippen LogP contribution is 2.36. The van der Waals surface area contributed by atoms with Gasteiger partial charge in [0.05, 0.1) is 22.5 Å². The maximum absolute atomic E-state index is 12.1. The molecule has 0 N–H and O–H groups in total. The third-order valence-electron chi connectivity index (χ3n) is 9.26. The first-order valence-corrected chi connectivity index (χ1v) is 18.0. The fraction of sp³-hybridized carbons (Fsp3) is 0.279. The maximum atomic E-state index is 12.1. The van der Waals surface area contributed by atoms with Crippen molar-refractivity contribution in [1.82, 2.24) is 19.9 Å². The van der Waals surface area contributed by atoms with Crippen molar-refractivity contribution in [3.63, 3.8) is 0 Å². The standard InChI is InChI=1S/C43H42ClN5O2/c1-3-21-51-41(50)18-17-33-23-37(40(25-45)46-26-33)42-30(2)22-35(27-47-42)43-36-16-10-15-34(36)24-39(48-43)38(44)19-20-49(28-31-11-6-4-7-12-31)29-32-13-8-5-9-14-32/h3-9,11-14,22-24,26-27,38H,1,10,15-21,28-29H2,2H3. The number of nitriles is 1. The Morgan fingerprint density at radius 3 is 2.37 bits per heavy atom. The summed E-state index contributed by atoms with van der Waals surface area (Å²) in [7, 11) is 0. The quantitative estimate of drug-likeness (QED) is 0.0614. The number of carbonyl (C=O) groups is 1. The number of alkyl halides is 1. The van der Waals surface area contributed by atoms with Crippen molar-refractivity contribution in [1.29, 1.82) is 5.26 Å². The van der Waals surface area contributed by atoms with Gasteiger partial charge in [0.15, 0.2) is 0 Å². The van der Waals surface area contributed by atoms with Crippen LogP contribution in [0.4, 0.5) is 0 Å². The molecule has 1 aliphatic rings. The van der Waals surface area contributed by atoms with Crippen molar-refractivity contribution < 1.29 is 9.53 Å². The number of pyridine rings is 3. The monoisotopic (exact) mass is 695 g/mol. The smallest absolute Gasteiger partial charge is 0.306 e. The summed E-state index contributed by atoms with van der Waals surface area (Å²) in [4.78, 5) is 29.0. The van der Waals surface area contributed by atoms with E-state index in [4.69, 9.17) is 26.3 Å². The highest BCUT2D eigenvalue weighted by Gasteiger charge is 2.23. The largest absolute Gasteiger partial charge is 0.461 e. The Bertz CT molecular complexity index is 1990. The van der Waals surface area contributed by atoms with E-state index in [1.807, 2.05) is 19.2 Å². The number of rotatable bonds is 15. The topological polar surface area (TPSA) is 92.0 Å². The Labute approximate surface area is 305 Å². The number of fused-ring (bicyclic) bond motifs is 1. The average molecular weight is 696 g/mol. The minimum absolute atomic E-state index is 0.180. The molecule has 5 aromatic rings. The lowest BCUT2D eigenvalue weighted by Gasteiger charge is -2.24. The summed E-state index contributed by atoms with van der Waals surface area (Å²) in [6.07, 6.45) is 9.48. The minimum Gasteiger partial charge on any atom is -0.461 e. The number of aromatic nitrogens is 3. The van der Waals surface area contributed by atoms with Crippen LogP contribution in [0.25, 0.3) is 22.5 Å². The van der Waals surface area contributed by atoms with Gasteiger partial charge in [-0.2, -0.15) is 5.26 Å². The predicted molar refractivity (Wildman–Crippen MR) is 202 cm³/mol. The van der Waals surface area contributed by atoms with Gasteiger partial charge in [0.25, 0.3) is 0 Å². The number of ether oxygens (including phenoxy) is 1. The predicted octanol–water partition coefficient (Wildman–Crippen LogP) is 8.91. The second-order valence-corrected chi connectivity index (χ2v) is 13.6. The van der Waals surface area contributed by atoms with Gasteiger partial charge in [0.1, 0.15) is 18.4 Å². The van der Waals surface area contributed by atoms with E-state index in [0.29, 0.717) is 17.7 Å².